The Kier molecular flexibility index (Phi) is 7.53. The molecule has 0 atom stereocenters. The molecule has 0 fully saturated rings. The molecule has 164 valence electrons. The quantitative estimate of drug-likeness (QED) is 0.355. The molecule has 0 aliphatic rings. The number of carbonyl (C=O) groups excluding carboxylic acids is 2. The van der Waals surface area contributed by atoms with E-state index in [0.29, 0.717) is 22.3 Å². The average Bonchev–Trinajstić information content (AvgIpc) is 3.43. The van der Waals surface area contributed by atoms with E-state index >= 15 is 0 Å². The van der Waals surface area contributed by atoms with Gasteiger partial charge in [-0.3, -0.25) is 5.10 Å². The number of thioether (sulfide) groups is 1. The number of thiophene rings is 1. The van der Waals surface area contributed by atoms with E-state index in [1.54, 1.807) is 26.0 Å². The summed E-state index contributed by atoms with van der Waals surface area (Å²) < 4.78 is 15.7. The summed E-state index contributed by atoms with van der Waals surface area (Å²) in [5.41, 5.74) is 6.66. The van der Waals surface area contributed by atoms with Gasteiger partial charge in [-0.1, -0.05) is 11.8 Å². The van der Waals surface area contributed by atoms with Crippen LogP contribution in [0.1, 0.15) is 56.8 Å². The van der Waals surface area contributed by atoms with Gasteiger partial charge in [0.2, 0.25) is 5.16 Å². The number of hydrogen-bond donors (Lipinski definition) is 2. The number of nitrogen functional groups attached to an aromatic ring is 1. The number of nitrogens with two attached hydrogens (primary N) is 1. The molecular formula is C20H22N4O5S2. The minimum atomic E-state index is -0.574. The molecule has 0 bridgehead atoms. The fraction of sp³-hybridized carbons (Fsp3) is 0.300. The third kappa shape index (κ3) is 5.56. The lowest BCUT2D eigenvalue weighted by atomic mass is 10.1. The van der Waals surface area contributed by atoms with Crippen molar-refractivity contribution in [1.29, 1.82) is 0 Å². The minimum absolute atomic E-state index is 0.186. The van der Waals surface area contributed by atoms with Crippen LogP contribution >= 0.6 is 23.1 Å². The highest BCUT2D eigenvalue weighted by molar-refractivity contribution is 7.98. The van der Waals surface area contributed by atoms with Crippen molar-refractivity contribution >= 4 is 52.2 Å². The molecule has 11 heteroatoms. The third-order valence-electron chi connectivity index (χ3n) is 3.97. The Balaban J connectivity index is 1.78. The Bertz CT molecular complexity index is 1100. The maximum atomic E-state index is 12.4. The molecule has 0 spiro atoms. The highest BCUT2D eigenvalue weighted by atomic mass is 32.2. The number of aromatic nitrogens is 3. The predicted molar refractivity (Wildman–Crippen MR) is 119 cm³/mol. The van der Waals surface area contributed by atoms with Crippen molar-refractivity contribution in [1.82, 2.24) is 15.2 Å². The van der Waals surface area contributed by atoms with E-state index in [1.165, 1.54) is 11.8 Å². The maximum Gasteiger partial charge on any atom is 0.348 e. The van der Waals surface area contributed by atoms with Crippen molar-refractivity contribution in [2.45, 2.75) is 31.7 Å². The zero-order chi connectivity index (χ0) is 22.4. The number of esters is 2. The summed E-state index contributed by atoms with van der Waals surface area (Å²) in [5.74, 6) is 1.20. The zero-order valence-electron chi connectivity index (χ0n) is 17.3. The fourth-order valence-corrected chi connectivity index (χ4v) is 4.54. The molecule has 3 aromatic heterocycles. The minimum Gasteiger partial charge on any atom is -0.462 e. The Morgan fingerprint density at radius 1 is 1.23 bits per heavy atom. The molecule has 0 aliphatic carbocycles. The summed E-state index contributed by atoms with van der Waals surface area (Å²) in [6.45, 7) is 5.69. The van der Waals surface area contributed by atoms with Crippen LogP contribution in [-0.2, 0) is 15.2 Å². The van der Waals surface area contributed by atoms with Gasteiger partial charge in [0, 0.05) is 11.3 Å². The molecule has 9 nitrogen and oxygen atoms in total. The number of anilines is 1. The summed E-state index contributed by atoms with van der Waals surface area (Å²) in [5, 5.41) is 7.65. The van der Waals surface area contributed by atoms with Crippen LogP contribution in [-0.4, -0.2) is 40.3 Å². The van der Waals surface area contributed by atoms with E-state index < -0.39 is 11.9 Å². The molecule has 31 heavy (non-hydrogen) atoms. The number of nitrogens with one attached hydrogen (secondary N) is 1. The van der Waals surface area contributed by atoms with Crippen LogP contribution in [0, 0.1) is 6.92 Å². The Labute approximate surface area is 187 Å². The van der Waals surface area contributed by atoms with Gasteiger partial charge in [0.1, 0.15) is 27.2 Å². The van der Waals surface area contributed by atoms with Crippen LogP contribution in [0.3, 0.4) is 0 Å². The lowest BCUT2D eigenvalue weighted by Crippen LogP contribution is -2.11. The third-order valence-corrected chi connectivity index (χ3v) is 5.88. The van der Waals surface area contributed by atoms with Gasteiger partial charge < -0.3 is 19.6 Å². The number of H-pyrrole nitrogens is 1. The van der Waals surface area contributed by atoms with Crippen molar-refractivity contribution in [2.75, 3.05) is 18.9 Å². The van der Waals surface area contributed by atoms with Crippen molar-refractivity contribution in [2.24, 2.45) is 0 Å². The van der Waals surface area contributed by atoms with E-state index in [-0.39, 0.29) is 34.4 Å². The second-order valence-corrected chi connectivity index (χ2v) is 8.16. The first-order chi connectivity index (χ1) is 14.9. The molecule has 0 aliphatic heterocycles. The first-order valence-electron chi connectivity index (χ1n) is 9.48. The van der Waals surface area contributed by atoms with Crippen LogP contribution in [0.15, 0.2) is 21.7 Å². The van der Waals surface area contributed by atoms with E-state index in [1.807, 2.05) is 19.1 Å². The fourth-order valence-electron chi connectivity index (χ4n) is 2.65. The molecule has 3 aromatic rings. The number of hydrogen-bond acceptors (Lipinski definition) is 10. The van der Waals surface area contributed by atoms with Gasteiger partial charge in [0.05, 0.1) is 18.8 Å². The lowest BCUT2D eigenvalue weighted by Gasteiger charge is -2.06. The van der Waals surface area contributed by atoms with Gasteiger partial charge >= 0.3 is 11.9 Å². The van der Waals surface area contributed by atoms with E-state index in [9.17, 15) is 9.59 Å². The molecule has 3 heterocycles. The number of aryl methyl sites for hydroxylation is 1. The molecule has 0 amide bonds. The zero-order valence-corrected chi connectivity index (χ0v) is 18.9. The van der Waals surface area contributed by atoms with Gasteiger partial charge in [-0.15, -0.1) is 16.4 Å². The number of rotatable bonds is 9. The largest absolute Gasteiger partial charge is 0.462 e. The van der Waals surface area contributed by atoms with Gasteiger partial charge in [-0.05, 0) is 45.1 Å². The Morgan fingerprint density at radius 2 is 1.97 bits per heavy atom. The summed E-state index contributed by atoms with van der Waals surface area (Å²) in [6.07, 6.45) is 3.52. The second-order valence-electron chi connectivity index (χ2n) is 6.16. The van der Waals surface area contributed by atoms with Crippen molar-refractivity contribution < 1.29 is 23.5 Å². The van der Waals surface area contributed by atoms with E-state index in [2.05, 4.69) is 15.2 Å². The summed E-state index contributed by atoms with van der Waals surface area (Å²) in [7, 11) is 0. The van der Waals surface area contributed by atoms with E-state index in [4.69, 9.17) is 19.6 Å². The summed E-state index contributed by atoms with van der Waals surface area (Å²) in [4.78, 5) is 29.4. The van der Waals surface area contributed by atoms with Crippen LogP contribution in [0.4, 0.5) is 5.00 Å². The lowest BCUT2D eigenvalue weighted by molar-refractivity contribution is 0.0527. The summed E-state index contributed by atoms with van der Waals surface area (Å²) >= 11 is 2.27. The van der Waals surface area contributed by atoms with Gasteiger partial charge in [-0.25, -0.2) is 14.6 Å². The van der Waals surface area contributed by atoms with E-state index in [0.717, 1.165) is 17.1 Å². The number of furan rings is 1. The number of nitrogens with zero attached hydrogens (tertiary/aromatic N) is 2. The summed E-state index contributed by atoms with van der Waals surface area (Å²) in [6, 6.07) is 3.73. The molecule has 0 saturated carbocycles. The molecule has 0 radical (unpaired) electrons. The topological polar surface area (TPSA) is 133 Å². The number of carbonyl (C=O) groups is 2. The molecule has 0 unspecified atom stereocenters. The maximum absolute atomic E-state index is 12.4. The highest BCUT2D eigenvalue weighted by Gasteiger charge is 2.28. The monoisotopic (exact) mass is 462 g/mol. The van der Waals surface area contributed by atoms with Crippen LogP contribution < -0.4 is 5.73 Å². The number of aromatic amines is 1. The highest BCUT2D eigenvalue weighted by Crippen LogP contribution is 2.36. The SMILES string of the molecule is CCOC(=O)c1sc(N)c(C(=O)OCC)c1CSc1n[nH]c(/C=C/c2ccc(C)o2)n1. The van der Waals surface area contributed by atoms with Crippen molar-refractivity contribution in [3.8, 4) is 0 Å². The Morgan fingerprint density at radius 3 is 2.65 bits per heavy atom. The molecule has 3 rings (SSSR count). The smallest absolute Gasteiger partial charge is 0.348 e. The Hall–Kier alpha value is -3.05. The standard InChI is InChI=1S/C20H22N4O5S2/c1-4-27-18(25)15-13(16(31-17(15)21)19(26)28-5-2)10-30-20-22-14(23-24-20)9-8-12-7-6-11(3)29-12/h6-9H,4-5,10,21H2,1-3H3,(H,22,23,24)/b9-8+. The predicted octanol–water partition coefficient (Wildman–Crippen LogP) is 4.17. The molecular weight excluding hydrogens is 440 g/mol. The molecule has 3 N–H and O–H groups in total. The first kappa shape index (κ1) is 22.6. The van der Waals surface area contributed by atoms with Gasteiger partial charge in [0.15, 0.2) is 0 Å². The average molecular weight is 463 g/mol. The van der Waals surface area contributed by atoms with Crippen LogP contribution in [0.2, 0.25) is 0 Å². The van der Waals surface area contributed by atoms with Crippen molar-refractivity contribution in [3.63, 3.8) is 0 Å². The normalized spacial score (nSPS) is 11.2. The van der Waals surface area contributed by atoms with Crippen molar-refractivity contribution in [3.05, 3.63) is 45.5 Å². The van der Waals surface area contributed by atoms with Gasteiger partial charge in [0.25, 0.3) is 0 Å². The van der Waals surface area contributed by atoms with Crippen LogP contribution in [0.25, 0.3) is 12.2 Å². The number of ether oxygens (including phenoxy) is 2. The second kappa shape index (κ2) is 10.3. The van der Waals surface area contributed by atoms with Gasteiger partial charge in [-0.2, -0.15) is 0 Å². The molecule has 0 aromatic carbocycles. The van der Waals surface area contributed by atoms with Crippen LogP contribution in [0.5, 0.6) is 0 Å². The first-order valence-corrected chi connectivity index (χ1v) is 11.3. The molecule has 0 saturated heterocycles.